The van der Waals surface area contributed by atoms with E-state index >= 15 is 0 Å². The largest absolute Gasteiger partial charge is 0.370 e. The van der Waals surface area contributed by atoms with Crippen molar-refractivity contribution in [1.82, 2.24) is 19.7 Å². The van der Waals surface area contributed by atoms with Crippen LogP contribution in [0.3, 0.4) is 0 Å². The van der Waals surface area contributed by atoms with Gasteiger partial charge in [-0.3, -0.25) is 4.68 Å². The molecule has 6 heteroatoms. The molecule has 0 amide bonds. The molecule has 0 saturated heterocycles. The molecule has 0 spiro atoms. The van der Waals surface area contributed by atoms with Crippen LogP contribution >= 0.6 is 11.3 Å². The Morgan fingerprint density at radius 1 is 1.39 bits per heavy atom. The number of aromatic nitrogens is 4. The Morgan fingerprint density at radius 3 is 3.00 bits per heavy atom. The molecule has 0 radical (unpaired) electrons. The number of nitrogens with one attached hydrogen (secondary N) is 1. The maximum Gasteiger partial charge on any atom is 0.166 e. The number of rotatable bonds is 3. The van der Waals surface area contributed by atoms with Crippen LogP contribution in [0.15, 0.2) is 23.8 Å². The molecule has 1 N–H and O–H groups in total. The first-order valence-corrected chi connectivity index (χ1v) is 6.64. The average Bonchev–Trinajstić information content (AvgIpc) is 2.97. The fourth-order valence-corrected chi connectivity index (χ4v) is 2.59. The van der Waals surface area contributed by atoms with Gasteiger partial charge in [-0.05, 0) is 18.4 Å². The van der Waals surface area contributed by atoms with E-state index in [9.17, 15) is 0 Å². The summed E-state index contributed by atoms with van der Waals surface area (Å²) >= 11 is 1.62. The second-order valence-electron chi connectivity index (χ2n) is 3.97. The van der Waals surface area contributed by atoms with Crippen LogP contribution in [0.1, 0.15) is 6.92 Å². The summed E-state index contributed by atoms with van der Waals surface area (Å²) in [6, 6.07) is 2.05. The van der Waals surface area contributed by atoms with Gasteiger partial charge in [0, 0.05) is 19.8 Å². The van der Waals surface area contributed by atoms with Crippen LogP contribution in [-0.2, 0) is 7.05 Å². The molecule has 3 aromatic rings. The van der Waals surface area contributed by atoms with Gasteiger partial charge < -0.3 is 5.32 Å². The van der Waals surface area contributed by atoms with E-state index in [4.69, 9.17) is 0 Å². The fraction of sp³-hybridized carbons (Fsp3) is 0.250. The van der Waals surface area contributed by atoms with E-state index < -0.39 is 0 Å². The van der Waals surface area contributed by atoms with Gasteiger partial charge in [-0.2, -0.15) is 5.10 Å². The van der Waals surface area contributed by atoms with Gasteiger partial charge in [-0.25, -0.2) is 9.97 Å². The minimum Gasteiger partial charge on any atom is -0.370 e. The zero-order valence-electron chi connectivity index (χ0n) is 10.2. The van der Waals surface area contributed by atoms with E-state index in [2.05, 4.69) is 27.3 Å². The maximum atomic E-state index is 4.58. The van der Waals surface area contributed by atoms with Crippen molar-refractivity contribution in [2.24, 2.45) is 7.05 Å². The van der Waals surface area contributed by atoms with Crippen molar-refractivity contribution in [3.05, 3.63) is 23.8 Å². The summed E-state index contributed by atoms with van der Waals surface area (Å²) in [6.07, 6.45) is 3.70. The van der Waals surface area contributed by atoms with Crippen LogP contribution in [-0.4, -0.2) is 26.3 Å². The van der Waals surface area contributed by atoms with Crippen molar-refractivity contribution in [3.63, 3.8) is 0 Å². The Hall–Kier alpha value is -1.95. The summed E-state index contributed by atoms with van der Waals surface area (Å²) in [7, 11) is 1.89. The Kier molecular flexibility index (Phi) is 2.71. The summed E-state index contributed by atoms with van der Waals surface area (Å²) < 4.78 is 1.75. The van der Waals surface area contributed by atoms with Crippen LogP contribution in [0, 0.1) is 0 Å². The normalized spacial score (nSPS) is 11.0. The Morgan fingerprint density at radius 2 is 2.28 bits per heavy atom. The lowest BCUT2D eigenvalue weighted by atomic mass is 10.3. The van der Waals surface area contributed by atoms with Gasteiger partial charge in [0.05, 0.1) is 17.1 Å². The molecule has 0 bridgehead atoms. The van der Waals surface area contributed by atoms with Gasteiger partial charge in [-0.15, -0.1) is 11.3 Å². The van der Waals surface area contributed by atoms with Crippen molar-refractivity contribution in [2.45, 2.75) is 6.92 Å². The van der Waals surface area contributed by atoms with Crippen LogP contribution in [0.2, 0.25) is 0 Å². The van der Waals surface area contributed by atoms with Crippen LogP contribution < -0.4 is 5.32 Å². The minimum atomic E-state index is 0.717. The Balaban J connectivity index is 2.18. The number of fused-ring (bicyclic) bond motifs is 1. The lowest BCUT2D eigenvalue weighted by Gasteiger charge is -2.05. The molecular formula is C12H13N5S. The number of anilines is 1. The molecule has 0 aliphatic carbocycles. The number of hydrogen-bond acceptors (Lipinski definition) is 5. The predicted molar refractivity (Wildman–Crippen MR) is 73.8 cm³/mol. The van der Waals surface area contributed by atoms with Gasteiger partial charge in [0.2, 0.25) is 0 Å². The summed E-state index contributed by atoms with van der Waals surface area (Å²) in [6.45, 7) is 2.90. The molecule has 3 aromatic heterocycles. The number of aryl methyl sites for hydroxylation is 1. The van der Waals surface area contributed by atoms with Crippen LogP contribution in [0.25, 0.3) is 21.6 Å². The fourth-order valence-electron chi connectivity index (χ4n) is 1.82. The van der Waals surface area contributed by atoms with E-state index in [1.54, 1.807) is 22.2 Å². The van der Waals surface area contributed by atoms with Gasteiger partial charge in [0.25, 0.3) is 0 Å². The van der Waals surface area contributed by atoms with E-state index in [1.807, 2.05) is 24.7 Å². The Labute approximate surface area is 109 Å². The number of nitrogens with zero attached hydrogens (tertiary/aromatic N) is 4. The predicted octanol–water partition coefficient (Wildman–Crippen LogP) is 2.52. The molecule has 5 nitrogen and oxygen atoms in total. The highest BCUT2D eigenvalue weighted by Crippen LogP contribution is 2.28. The van der Waals surface area contributed by atoms with E-state index in [0.717, 1.165) is 28.1 Å². The van der Waals surface area contributed by atoms with Crippen molar-refractivity contribution >= 4 is 27.4 Å². The molecule has 0 aliphatic rings. The third-order valence-electron chi connectivity index (χ3n) is 2.63. The molecule has 0 atom stereocenters. The standard InChI is InChI=1S/C12H13N5S/c1-3-13-11-9-4-5-18-12(9)16-10(15-11)8-6-14-17(2)7-8/h4-7H,3H2,1-2H3,(H,13,15,16). The summed E-state index contributed by atoms with van der Waals surface area (Å²) in [5.74, 6) is 1.61. The molecule has 18 heavy (non-hydrogen) atoms. The molecule has 0 unspecified atom stereocenters. The van der Waals surface area contributed by atoms with Crippen molar-refractivity contribution in [2.75, 3.05) is 11.9 Å². The van der Waals surface area contributed by atoms with Gasteiger partial charge in [-0.1, -0.05) is 0 Å². The highest BCUT2D eigenvalue weighted by atomic mass is 32.1. The SMILES string of the molecule is CCNc1nc(-c2cnn(C)c2)nc2sccc12. The van der Waals surface area contributed by atoms with Gasteiger partial charge in [0.1, 0.15) is 10.6 Å². The first-order valence-electron chi connectivity index (χ1n) is 5.76. The molecule has 92 valence electrons. The average molecular weight is 259 g/mol. The van der Waals surface area contributed by atoms with Gasteiger partial charge in [0.15, 0.2) is 5.82 Å². The highest BCUT2D eigenvalue weighted by molar-refractivity contribution is 7.16. The lowest BCUT2D eigenvalue weighted by Crippen LogP contribution is -2.01. The maximum absolute atomic E-state index is 4.58. The quantitative estimate of drug-likeness (QED) is 0.785. The van der Waals surface area contributed by atoms with E-state index in [1.165, 1.54) is 0 Å². The smallest absolute Gasteiger partial charge is 0.166 e. The molecule has 0 saturated carbocycles. The van der Waals surface area contributed by atoms with Gasteiger partial charge >= 0.3 is 0 Å². The Bertz CT molecular complexity index is 685. The lowest BCUT2D eigenvalue weighted by molar-refractivity contribution is 0.768. The second kappa shape index (κ2) is 4.38. The second-order valence-corrected chi connectivity index (χ2v) is 4.86. The minimum absolute atomic E-state index is 0.717. The summed E-state index contributed by atoms with van der Waals surface area (Å²) in [5.41, 5.74) is 0.937. The summed E-state index contributed by atoms with van der Waals surface area (Å²) in [5, 5.41) is 10.6. The van der Waals surface area contributed by atoms with E-state index in [-0.39, 0.29) is 0 Å². The zero-order valence-corrected chi connectivity index (χ0v) is 11.0. The topological polar surface area (TPSA) is 55.6 Å². The molecule has 0 fully saturated rings. The third-order valence-corrected chi connectivity index (χ3v) is 3.44. The zero-order chi connectivity index (χ0) is 12.5. The molecule has 3 rings (SSSR count). The molecule has 0 aromatic carbocycles. The highest BCUT2D eigenvalue weighted by Gasteiger charge is 2.10. The number of thiophene rings is 1. The van der Waals surface area contributed by atoms with Crippen molar-refractivity contribution in [1.29, 1.82) is 0 Å². The van der Waals surface area contributed by atoms with Crippen LogP contribution in [0.4, 0.5) is 5.82 Å². The first kappa shape index (κ1) is 11.2. The first-order chi connectivity index (χ1) is 8.78. The van der Waals surface area contributed by atoms with Crippen molar-refractivity contribution in [3.8, 4) is 11.4 Å². The molecule has 3 heterocycles. The molecule has 0 aliphatic heterocycles. The monoisotopic (exact) mass is 259 g/mol. The van der Waals surface area contributed by atoms with E-state index in [0.29, 0.717) is 5.82 Å². The third kappa shape index (κ3) is 1.84. The number of hydrogen-bond donors (Lipinski definition) is 1. The molecular weight excluding hydrogens is 246 g/mol. The van der Waals surface area contributed by atoms with Crippen LogP contribution in [0.5, 0.6) is 0 Å². The summed E-state index contributed by atoms with van der Waals surface area (Å²) in [4.78, 5) is 10.2. The van der Waals surface area contributed by atoms with Crippen molar-refractivity contribution < 1.29 is 0 Å².